The summed E-state index contributed by atoms with van der Waals surface area (Å²) < 4.78 is 10.7. The van der Waals surface area contributed by atoms with Crippen LogP contribution in [0, 0.1) is 11.3 Å². The van der Waals surface area contributed by atoms with Crippen LogP contribution in [0.3, 0.4) is 0 Å². The molecule has 3 heteroatoms. The van der Waals surface area contributed by atoms with Crippen molar-refractivity contribution in [2.45, 2.75) is 26.4 Å². The maximum absolute atomic E-state index is 11.4. The Hall–Kier alpha value is -0.990. The zero-order valence-electron chi connectivity index (χ0n) is 7.09. The van der Waals surface area contributed by atoms with E-state index >= 15 is 0 Å². The van der Waals surface area contributed by atoms with Gasteiger partial charge < -0.3 is 9.47 Å². The smallest absolute Gasteiger partial charge is 0.324 e. The monoisotopic (exact) mass is 166 g/mol. The van der Waals surface area contributed by atoms with Gasteiger partial charge in [-0.3, -0.25) is 4.79 Å². The van der Waals surface area contributed by atoms with Crippen LogP contribution in [0.2, 0.25) is 0 Å². The van der Waals surface area contributed by atoms with Crippen molar-refractivity contribution in [2.75, 3.05) is 0 Å². The summed E-state index contributed by atoms with van der Waals surface area (Å²) in [5.41, 5.74) is -0.438. The SMILES string of the molecule is CC1C2=C3O[C@@H]1C[C@@]3(C)C(=O)O2. The molecule has 0 aromatic rings. The van der Waals surface area contributed by atoms with Crippen molar-refractivity contribution in [1.29, 1.82) is 0 Å². The largest absolute Gasteiger partial charge is 0.489 e. The summed E-state index contributed by atoms with van der Waals surface area (Å²) >= 11 is 0. The maximum atomic E-state index is 11.4. The number of hydrogen-bond donors (Lipinski definition) is 0. The van der Waals surface area contributed by atoms with E-state index in [9.17, 15) is 4.79 Å². The molecule has 3 nitrogen and oxygen atoms in total. The van der Waals surface area contributed by atoms with E-state index in [1.165, 1.54) is 0 Å². The number of carbonyl (C=O) groups excluding carboxylic acids is 1. The molecule has 2 bridgehead atoms. The molecule has 1 fully saturated rings. The van der Waals surface area contributed by atoms with Gasteiger partial charge in [0, 0.05) is 6.42 Å². The first-order valence-corrected chi connectivity index (χ1v) is 4.26. The highest BCUT2D eigenvalue weighted by Crippen LogP contribution is 2.58. The van der Waals surface area contributed by atoms with E-state index in [1.54, 1.807) is 0 Å². The third-order valence-electron chi connectivity index (χ3n) is 3.23. The van der Waals surface area contributed by atoms with Crippen LogP contribution in [-0.4, -0.2) is 12.1 Å². The molecule has 0 spiro atoms. The first-order valence-electron chi connectivity index (χ1n) is 4.26. The predicted octanol–water partition coefficient (Wildman–Crippen LogP) is 1.20. The second-order valence-electron chi connectivity index (χ2n) is 4.06. The van der Waals surface area contributed by atoms with Gasteiger partial charge in [0.1, 0.15) is 11.5 Å². The Balaban J connectivity index is 2.21. The van der Waals surface area contributed by atoms with E-state index in [-0.39, 0.29) is 18.0 Å². The fourth-order valence-corrected chi connectivity index (χ4v) is 2.33. The number of rotatable bonds is 0. The lowest BCUT2D eigenvalue weighted by Gasteiger charge is -2.13. The third kappa shape index (κ3) is 0.446. The molecule has 64 valence electrons. The van der Waals surface area contributed by atoms with Crippen LogP contribution in [0.15, 0.2) is 11.5 Å². The third-order valence-corrected chi connectivity index (χ3v) is 3.23. The zero-order chi connectivity index (χ0) is 8.51. The molecule has 0 saturated carbocycles. The van der Waals surface area contributed by atoms with Gasteiger partial charge in [-0.05, 0) is 6.92 Å². The summed E-state index contributed by atoms with van der Waals surface area (Å²) in [6.45, 7) is 3.95. The van der Waals surface area contributed by atoms with Gasteiger partial charge in [-0.1, -0.05) is 6.92 Å². The second-order valence-corrected chi connectivity index (χ2v) is 4.06. The number of hydrogen-bond acceptors (Lipinski definition) is 3. The molecule has 0 aromatic heterocycles. The quantitative estimate of drug-likeness (QED) is 0.507. The number of fused-ring (bicyclic) bond motifs is 1. The fraction of sp³-hybridized carbons (Fsp3) is 0.667. The van der Waals surface area contributed by atoms with Crippen LogP contribution >= 0.6 is 0 Å². The van der Waals surface area contributed by atoms with Gasteiger partial charge in [-0.25, -0.2) is 0 Å². The summed E-state index contributed by atoms with van der Waals surface area (Å²) in [6, 6.07) is 0. The molecule has 12 heavy (non-hydrogen) atoms. The van der Waals surface area contributed by atoms with Crippen LogP contribution < -0.4 is 0 Å². The van der Waals surface area contributed by atoms with E-state index in [2.05, 4.69) is 0 Å². The molecule has 0 aromatic carbocycles. The predicted molar refractivity (Wildman–Crippen MR) is 39.9 cm³/mol. The molecule has 0 radical (unpaired) electrons. The molecule has 0 N–H and O–H groups in total. The molecule has 0 aliphatic carbocycles. The Bertz CT molecular complexity index is 318. The molecule has 0 amide bonds. The van der Waals surface area contributed by atoms with Crippen molar-refractivity contribution in [3.63, 3.8) is 0 Å². The lowest BCUT2D eigenvalue weighted by Crippen LogP contribution is -2.24. The average Bonchev–Trinajstić information content (AvgIpc) is 2.53. The highest BCUT2D eigenvalue weighted by molar-refractivity contribution is 5.85. The zero-order valence-corrected chi connectivity index (χ0v) is 7.09. The van der Waals surface area contributed by atoms with Crippen molar-refractivity contribution >= 4 is 5.97 Å². The van der Waals surface area contributed by atoms with Crippen LogP contribution in [-0.2, 0) is 14.3 Å². The van der Waals surface area contributed by atoms with Crippen molar-refractivity contribution in [2.24, 2.45) is 11.3 Å². The first-order chi connectivity index (χ1) is 5.63. The number of ether oxygens (including phenoxy) is 2. The minimum atomic E-state index is -0.438. The van der Waals surface area contributed by atoms with E-state index in [4.69, 9.17) is 9.47 Å². The molecule has 3 heterocycles. The molecule has 3 rings (SSSR count). The van der Waals surface area contributed by atoms with Gasteiger partial charge in [0.05, 0.1) is 5.92 Å². The molecule has 1 unspecified atom stereocenters. The summed E-state index contributed by atoms with van der Waals surface area (Å²) in [7, 11) is 0. The van der Waals surface area contributed by atoms with E-state index in [0.717, 1.165) is 17.9 Å². The van der Waals surface area contributed by atoms with Crippen LogP contribution in [0.1, 0.15) is 20.3 Å². The minimum Gasteiger partial charge on any atom is -0.489 e. The molecule has 1 saturated heterocycles. The van der Waals surface area contributed by atoms with Gasteiger partial charge in [0.2, 0.25) is 0 Å². The standard InChI is InChI=1S/C9H10O3/c1-4-5-3-9(2)7(11-5)6(4)12-8(9)10/h4-5H,3H2,1-2H3/t4?,5-,9-/m1/s1. The van der Waals surface area contributed by atoms with Gasteiger partial charge >= 0.3 is 5.97 Å². The van der Waals surface area contributed by atoms with Crippen LogP contribution in [0.5, 0.6) is 0 Å². The van der Waals surface area contributed by atoms with E-state index in [0.29, 0.717) is 0 Å². The molecule has 3 aliphatic rings. The molecular weight excluding hydrogens is 156 g/mol. The Kier molecular flexibility index (Phi) is 0.834. The Morgan fingerprint density at radius 1 is 1.58 bits per heavy atom. The van der Waals surface area contributed by atoms with Crippen molar-refractivity contribution in [3.05, 3.63) is 11.5 Å². The summed E-state index contributed by atoms with van der Waals surface area (Å²) in [5.74, 6) is 1.75. The number of esters is 1. The first kappa shape index (κ1) is 6.52. The van der Waals surface area contributed by atoms with Gasteiger partial charge in [-0.2, -0.15) is 0 Å². The molecular formula is C9H10O3. The van der Waals surface area contributed by atoms with Crippen LogP contribution in [0.4, 0.5) is 0 Å². The van der Waals surface area contributed by atoms with Crippen molar-refractivity contribution in [3.8, 4) is 0 Å². The minimum absolute atomic E-state index is 0.126. The van der Waals surface area contributed by atoms with E-state index < -0.39 is 5.41 Å². The van der Waals surface area contributed by atoms with Gasteiger partial charge in [0.25, 0.3) is 0 Å². The highest BCUT2D eigenvalue weighted by atomic mass is 16.6. The molecule has 3 atom stereocenters. The Morgan fingerprint density at radius 3 is 2.92 bits per heavy atom. The maximum Gasteiger partial charge on any atom is 0.324 e. The van der Waals surface area contributed by atoms with Crippen molar-refractivity contribution < 1.29 is 14.3 Å². The lowest BCUT2D eigenvalue weighted by molar-refractivity contribution is -0.144. The normalized spacial score (nSPS) is 48.3. The summed E-state index contributed by atoms with van der Waals surface area (Å²) in [5, 5.41) is 0. The Labute approximate surface area is 70.3 Å². The van der Waals surface area contributed by atoms with Crippen molar-refractivity contribution in [1.82, 2.24) is 0 Å². The summed E-state index contributed by atoms with van der Waals surface area (Å²) in [6.07, 6.45) is 0.984. The van der Waals surface area contributed by atoms with Gasteiger partial charge in [0.15, 0.2) is 11.5 Å². The second kappa shape index (κ2) is 1.53. The van der Waals surface area contributed by atoms with E-state index in [1.807, 2.05) is 13.8 Å². The Morgan fingerprint density at radius 2 is 2.33 bits per heavy atom. The van der Waals surface area contributed by atoms with Crippen LogP contribution in [0.25, 0.3) is 0 Å². The summed E-state index contributed by atoms with van der Waals surface area (Å²) in [4.78, 5) is 11.4. The topological polar surface area (TPSA) is 35.5 Å². The molecule has 3 aliphatic heterocycles. The number of carbonyl (C=O) groups is 1. The van der Waals surface area contributed by atoms with Gasteiger partial charge in [-0.15, -0.1) is 0 Å². The lowest BCUT2D eigenvalue weighted by atomic mass is 9.79. The fourth-order valence-electron chi connectivity index (χ4n) is 2.33. The highest BCUT2D eigenvalue weighted by Gasteiger charge is 2.62. The average molecular weight is 166 g/mol.